The lowest BCUT2D eigenvalue weighted by Gasteiger charge is -2.07. The molecule has 126 valence electrons. The predicted molar refractivity (Wildman–Crippen MR) is 99.1 cm³/mol. The Morgan fingerprint density at radius 3 is 2.56 bits per heavy atom. The summed E-state index contributed by atoms with van der Waals surface area (Å²) in [4.78, 5) is 20.5. The molecule has 2 aromatic carbocycles. The number of benzene rings is 2. The summed E-state index contributed by atoms with van der Waals surface area (Å²) in [6.07, 6.45) is 2.96. The highest BCUT2D eigenvalue weighted by atomic mass is 35.5. The van der Waals surface area contributed by atoms with Crippen LogP contribution in [0.15, 0.2) is 60.9 Å². The highest BCUT2D eigenvalue weighted by Gasteiger charge is 2.08. The Labute approximate surface area is 151 Å². The van der Waals surface area contributed by atoms with E-state index in [0.717, 1.165) is 11.3 Å². The fourth-order valence-electron chi connectivity index (χ4n) is 2.20. The number of amides is 1. The average molecular weight is 353 g/mol. The number of aryl methyl sites for hydroxylation is 1. The maximum atomic E-state index is 12.1. The van der Waals surface area contributed by atoms with Crippen molar-refractivity contribution in [3.63, 3.8) is 0 Å². The minimum Gasteiger partial charge on any atom is -0.347 e. The third-order valence-corrected chi connectivity index (χ3v) is 3.79. The number of hydrogen-bond acceptors (Lipinski definition) is 4. The summed E-state index contributed by atoms with van der Waals surface area (Å²) in [6.45, 7) is 2.47. The Morgan fingerprint density at radius 2 is 1.88 bits per heavy atom. The van der Waals surface area contributed by atoms with Crippen LogP contribution in [-0.4, -0.2) is 15.9 Å². The van der Waals surface area contributed by atoms with Gasteiger partial charge in [0.25, 0.3) is 5.91 Å². The number of carbonyl (C=O) groups excluding carboxylic acids is 1. The highest BCUT2D eigenvalue weighted by Crippen LogP contribution is 2.18. The summed E-state index contributed by atoms with van der Waals surface area (Å²) in [5, 5.41) is 6.55. The molecule has 2 N–H and O–H groups in total. The molecule has 0 radical (unpaired) electrons. The molecule has 0 aliphatic rings. The molecule has 6 heteroatoms. The van der Waals surface area contributed by atoms with E-state index in [2.05, 4.69) is 20.6 Å². The van der Waals surface area contributed by atoms with Crippen molar-refractivity contribution in [2.24, 2.45) is 0 Å². The second-order valence-corrected chi connectivity index (χ2v) is 6.03. The van der Waals surface area contributed by atoms with Gasteiger partial charge in [-0.2, -0.15) is 0 Å². The lowest BCUT2D eigenvalue weighted by Crippen LogP contribution is -2.24. The largest absolute Gasteiger partial charge is 0.347 e. The molecule has 0 atom stereocenters. The van der Waals surface area contributed by atoms with Gasteiger partial charge in [-0.25, -0.2) is 9.97 Å². The molecule has 0 fully saturated rings. The predicted octanol–water partition coefficient (Wildman–Crippen LogP) is 4.11. The summed E-state index contributed by atoms with van der Waals surface area (Å²) < 4.78 is 0. The van der Waals surface area contributed by atoms with Gasteiger partial charge < -0.3 is 10.6 Å². The Bertz CT molecular complexity index is 863. The minimum atomic E-state index is -0.262. The van der Waals surface area contributed by atoms with Crippen LogP contribution in [0.1, 0.15) is 21.6 Å². The summed E-state index contributed by atoms with van der Waals surface area (Å²) in [7, 11) is 0. The first-order chi connectivity index (χ1) is 12.1. The molecule has 0 unspecified atom stereocenters. The number of anilines is 2. The Kier molecular flexibility index (Phi) is 5.26. The number of carbonyl (C=O) groups is 1. The third-order valence-electron chi connectivity index (χ3n) is 3.56. The van der Waals surface area contributed by atoms with Crippen molar-refractivity contribution in [1.82, 2.24) is 15.3 Å². The van der Waals surface area contributed by atoms with Crippen LogP contribution < -0.4 is 10.6 Å². The van der Waals surface area contributed by atoms with Crippen LogP contribution in [0, 0.1) is 6.92 Å². The van der Waals surface area contributed by atoms with Gasteiger partial charge >= 0.3 is 0 Å². The normalized spacial score (nSPS) is 10.3. The van der Waals surface area contributed by atoms with Crippen molar-refractivity contribution in [3.8, 4) is 0 Å². The van der Waals surface area contributed by atoms with Gasteiger partial charge in [0.15, 0.2) is 0 Å². The number of nitrogens with zero attached hydrogens (tertiary/aromatic N) is 2. The average Bonchev–Trinajstić information content (AvgIpc) is 2.62. The van der Waals surface area contributed by atoms with E-state index in [1.807, 2.05) is 43.3 Å². The number of rotatable bonds is 5. The van der Waals surface area contributed by atoms with Crippen LogP contribution in [0.25, 0.3) is 0 Å². The van der Waals surface area contributed by atoms with Crippen molar-refractivity contribution < 1.29 is 4.79 Å². The van der Waals surface area contributed by atoms with Gasteiger partial charge in [0.05, 0.1) is 12.4 Å². The first-order valence-corrected chi connectivity index (χ1v) is 8.16. The lowest BCUT2D eigenvalue weighted by atomic mass is 10.1. The standard InChI is InChI=1S/C19H17ClN4O/c1-13-5-7-14(8-6-13)10-23-19(25)17-11-22-18(12-21-17)24-16-4-2-3-15(20)9-16/h2-9,11-12H,10H2,1H3,(H,22,24)(H,23,25). The quantitative estimate of drug-likeness (QED) is 0.725. The molecule has 3 rings (SSSR count). The van der Waals surface area contributed by atoms with E-state index in [1.165, 1.54) is 18.0 Å². The van der Waals surface area contributed by atoms with Gasteiger partial charge in [-0.05, 0) is 30.7 Å². The Balaban J connectivity index is 1.59. The van der Waals surface area contributed by atoms with E-state index in [1.54, 1.807) is 12.1 Å². The molecule has 0 aliphatic carbocycles. The summed E-state index contributed by atoms with van der Waals surface area (Å²) in [5.74, 6) is 0.278. The zero-order chi connectivity index (χ0) is 17.6. The zero-order valence-electron chi connectivity index (χ0n) is 13.7. The summed E-state index contributed by atoms with van der Waals surface area (Å²) in [6, 6.07) is 15.3. The third kappa shape index (κ3) is 4.78. The van der Waals surface area contributed by atoms with Crippen LogP contribution in [0.4, 0.5) is 11.5 Å². The van der Waals surface area contributed by atoms with Crippen LogP contribution in [-0.2, 0) is 6.54 Å². The monoisotopic (exact) mass is 352 g/mol. The first kappa shape index (κ1) is 16.9. The molecule has 0 saturated carbocycles. The number of hydrogen-bond donors (Lipinski definition) is 2. The summed E-state index contributed by atoms with van der Waals surface area (Å²) >= 11 is 5.94. The van der Waals surface area contributed by atoms with Crippen LogP contribution in [0.3, 0.4) is 0 Å². The molecule has 5 nitrogen and oxygen atoms in total. The molecule has 0 saturated heterocycles. The fourth-order valence-corrected chi connectivity index (χ4v) is 2.39. The van der Waals surface area contributed by atoms with E-state index < -0.39 is 0 Å². The molecule has 0 aliphatic heterocycles. The molecular formula is C19H17ClN4O. The smallest absolute Gasteiger partial charge is 0.271 e. The van der Waals surface area contributed by atoms with Gasteiger partial charge in [-0.1, -0.05) is 47.5 Å². The second-order valence-electron chi connectivity index (χ2n) is 5.59. The fraction of sp³-hybridized carbons (Fsp3) is 0.105. The maximum absolute atomic E-state index is 12.1. The molecule has 0 spiro atoms. The van der Waals surface area contributed by atoms with Crippen molar-refractivity contribution in [3.05, 3.63) is 82.8 Å². The van der Waals surface area contributed by atoms with Gasteiger partial charge in [-0.15, -0.1) is 0 Å². The van der Waals surface area contributed by atoms with Crippen molar-refractivity contribution in [2.45, 2.75) is 13.5 Å². The van der Waals surface area contributed by atoms with Crippen molar-refractivity contribution in [2.75, 3.05) is 5.32 Å². The molecule has 25 heavy (non-hydrogen) atoms. The van der Waals surface area contributed by atoms with Crippen LogP contribution in [0.2, 0.25) is 5.02 Å². The summed E-state index contributed by atoms with van der Waals surface area (Å²) in [5.41, 5.74) is 3.29. The van der Waals surface area contributed by atoms with E-state index in [0.29, 0.717) is 17.4 Å². The maximum Gasteiger partial charge on any atom is 0.271 e. The van der Waals surface area contributed by atoms with Crippen molar-refractivity contribution in [1.29, 1.82) is 0 Å². The minimum absolute atomic E-state index is 0.262. The van der Waals surface area contributed by atoms with Gasteiger partial charge in [0.2, 0.25) is 0 Å². The van der Waals surface area contributed by atoms with E-state index in [-0.39, 0.29) is 11.6 Å². The Morgan fingerprint density at radius 1 is 1.08 bits per heavy atom. The molecule has 1 aromatic heterocycles. The van der Waals surface area contributed by atoms with E-state index in [4.69, 9.17) is 11.6 Å². The molecule has 1 heterocycles. The topological polar surface area (TPSA) is 66.9 Å². The molecule has 0 bridgehead atoms. The van der Waals surface area contributed by atoms with Gasteiger partial charge in [0.1, 0.15) is 11.5 Å². The number of halogens is 1. The number of nitrogens with one attached hydrogen (secondary N) is 2. The van der Waals surface area contributed by atoms with Gasteiger partial charge in [-0.3, -0.25) is 4.79 Å². The van der Waals surface area contributed by atoms with Gasteiger partial charge in [0, 0.05) is 17.3 Å². The van der Waals surface area contributed by atoms with Crippen molar-refractivity contribution >= 4 is 29.0 Å². The SMILES string of the molecule is Cc1ccc(CNC(=O)c2cnc(Nc3cccc(Cl)c3)cn2)cc1. The Hall–Kier alpha value is -2.92. The van der Waals surface area contributed by atoms with E-state index in [9.17, 15) is 4.79 Å². The number of aromatic nitrogens is 2. The first-order valence-electron chi connectivity index (χ1n) is 7.78. The zero-order valence-corrected chi connectivity index (χ0v) is 14.4. The highest BCUT2D eigenvalue weighted by molar-refractivity contribution is 6.30. The van der Waals surface area contributed by atoms with Crippen LogP contribution in [0.5, 0.6) is 0 Å². The van der Waals surface area contributed by atoms with E-state index >= 15 is 0 Å². The molecule has 3 aromatic rings. The lowest BCUT2D eigenvalue weighted by molar-refractivity contribution is 0.0945. The second kappa shape index (κ2) is 7.77. The molecule has 1 amide bonds. The van der Waals surface area contributed by atoms with Crippen LogP contribution >= 0.6 is 11.6 Å². The molecular weight excluding hydrogens is 336 g/mol.